The Morgan fingerprint density at radius 1 is 0.889 bits per heavy atom. The molecule has 18 heavy (non-hydrogen) atoms. The van der Waals surface area contributed by atoms with Gasteiger partial charge in [-0.15, -0.1) is 0 Å². The van der Waals surface area contributed by atoms with E-state index in [0.29, 0.717) is 0 Å². The molecule has 0 saturated heterocycles. The molecular formula is C16H20N2. The summed E-state index contributed by atoms with van der Waals surface area (Å²) in [5.74, 6) is 0. The van der Waals surface area contributed by atoms with Crippen LogP contribution in [0.4, 0.5) is 5.69 Å². The highest BCUT2D eigenvalue weighted by Crippen LogP contribution is 2.16. The standard InChI is InChI=1S/C16H20N2/c1-18(2)12-14-9-7-13(8-10-14)11-15-5-3-4-6-16(15)17/h3-10H,11-12,17H2,1-2H3. The van der Waals surface area contributed by atoms with Crippen molar-refractivity contribution in [2.45, 2.75) is 13.0 Å². The van der Waals surface area contributed by atoms with Crippen molar-refractivity contribution in [1.82, 2.24) is 4.90 Å². The van der Waals surface area contributed by atoms with Gasteiger partial charge in [-0.2, -0.15) is 0 Å². The third-order valence-corrected chi connectivity index (χ3v) is 2.97. The Morgan fingerprint density at radius 3 is 2.11 bits per heavy atom. The molecule has 94 valence electrons. The molecule has 0 amide bonds. The highest BCUT2D eigenvalue weighted by atomic mass is 15.0. The Bertz CT molecular complexity index is 501. The van der Waals surface area contributed by atoms with E-state index < -0.39 is 0 Å². The van der Waals surface area contributed by atoms with Crippen LogP contribution in [0.1, 0.15) is 16.7 Å². The maximum atomic E-state index is 5.96. The highest BCUT2D eigenvalue weighted by Gasteiger charge is 2.01. The van der Waals surface area contributed by atoms with Gasteiger partial charge in [-0.3, -0.25) is 0 Å². The van der Waals surface area contributed by atoms with Gasteiger partial charge < -0.3 is 10.6 Å². The Morgan fingerprint density at radius 2 is 1.50 bits per heavy atom. The van der Waals surface area contributed by atoms with E-state index in [1.54, 1.807) is 0 Å². The molecule has 2 nitrogen and oxygen atoms in total. The van der Waals surface area contributed by atoms with E-state index in [9.17, 15) is 0 Å². The van der Waals surface area contributed by atoms with Gasteiger partial charge in [0.25, 0.3) is 0 Å². The summed E-state index contributed by atoms with van der Waals surface area (Å²) in [7, 11) is 4.16. The van der Waals surface area contributed by atoms with Crippen molar-refractivity contribution >= 4 is 5.69 Å². The first-order valence-electron chi connectivity index (χ1n) is 6.21. The smallest absolute Gasteiger partial charge is 0.0349 e. The summed E-state index contributed by atoms with van der Waals surface area (Å²) in [4.78, 5) is 2.17. The van der Waals surface area contributed by atoms with E-state index in [0.717, 1.165) is 18.7 Å². The number of hydrogen-bond acceptors (Lipinski definition) is 2. The first-order chi connectivity index (χ1) is 8.65. The van der Waals surface area contributed by atoms with Crippen LogP contribution in [-0.4, -0.2) is 19.0 Å². The van der Waals surface area contributed by atoms with Gasteiger partial charge in [-0.25, -0.2) is 0 Å². The molecule has 0 aliphatic heterocycles. The summed E-state index contributed by atoms with van der Waals surface area (Å²) in [5, 5.41) is 0. The molecule has 2 rings (SSSR count). The van der Waals surface area contributed by atoms with Gasteiger partial charge in [-0.05, 0) is 43.3 Å². The van der Waals surface area contributed by atoms with Gasteiger partial charge in [0.2, 0.25) is 0 Å². The second kappa shape index (κ2) is 5.69. The zero-order valence-corrected chi connectivity index (χ0v) is 11.1. The number of para-hydroxylation sites is 1. The van der Waals surface area contributed by atoms with Gasteiger partial charge in [0.1, 0.15) is 0 Å². The summed E-state index contributed by atoms with van der Waals surface area (Å²) in [6.45, 7) is 0.980. The average Bonchev–Trinajstić information content (AvgIpc) is 2.34. The molecule has 0 saturated carbocycles. The van der Waals surface area contributed by atoms with E-state index in [1.165, 1.54) is 16.7 Å². The highest BCUT2D eigenvalue weighted by molar-refractivity contribution is 5.48. The third kappa shape index (κ3) is 3.34. The minimum absolute atomic E-state index is 0.870. The van der Waals surface area contributed by atoms with E-state index in [2.05, 4.69) is 49.3 Å². The van der Waals surface area contributed by atoms with Crippen molar-refractivity contribution in [2.24, 2.45) is 0 Å². The largest absolute Gasteiger partial charge is 0.398 e. The Balaban J connectivity index is 2.09. The minimum Gasteiger partial charge on any atom is -0.398 e. The van der Waals surface area contributed by atoms with Gasteiger partial charge >= 0.3 is 0 Å². The van der Waals surface area contributed by atoms with Crippen molar-refractivity contribution in [3.8, 4) is 0 Å². The zero-order chi connectivity index (χ0) is 13.0. The molecular weight excluding hydrogens is 220 g/mol. The van der Waals surface area contributed by atoms with E-state index in [1.807, 2.05) is 18.2 Å². The molecule has 0 aromatic heterocycles. The first-order valence-corrected chi connectivity index (χ1v) is 6.21. The lowest BCUT2D eigenvalue weighted by atomic mass is 10.0. The summed E-state index contributed by atoms with van der Waals surface area (Å²) in [6.07, 6.45) is 0.898. The Kier molecular flexibility index (Phi) is 4.00. The van der Waals surface area contributed by atoms with Gasteiger partial charge in [0.15, 0.2) is 0 Å². The average molecular weight is 240 g/mol. The Labute approximate surface area is 109 Å². The van der Waals surface area contributed by atoms with E-state index in [4.69, 9.17) is 5.73 Å². The summed E-state index contributed by atoms with van der Waals surface area (Å²) >= 11 is 0. The van der Waals surface area contributed by atoms with Crippen molar-refractivity contribution in [3.05, 3.63) is 65.2 Å². The second-order valence-electron chi connectivity index (χ2n) is 4.93. The van der Waals surface area contributed by atoms with Crippen LogP contribution in [0.2, 0.25) is 0 Å². The van der Waals surface area contributed by atoms with Crippen molar-refractivity contribution < 1.29 is 0 Å². The number of rotatable bonds is 4. The van der Waals surface area contributed by atoms with Crippen LogP contribution in [-0.2, 0) is 13.0 Å². The number of nitrogen functional groups attached to an aromatic ring is 1. The van der Waals surface area contributed by atoms with Crippen molar-refractivity contribution in [3.63, 3.8) is 0 Å². The Hall–Kier alpha value is -1.80. The molecule has 0 heterocycles. The van der Waals surface area contributed by atoms with Gasteiger partial charge in [0, 0.05) is 12.2 Å². The second-order valence-corrected chi connectivity index (χ2v) is 4.93. The minimum atomic E-state index is 0.870. The number of nitrogens with zero attached hydrogens (tertiary/aromatic N) is 1. The number of anilines is 1. The molecule has 0 radical (unpaired) electrons. The van der Waals surface area contributed by atoms with E-state index >= 15 is 0 Å². The lowest BCUT2D eigenvalue weighted by molar-refractivity contribution is 0.402. The van der Waals surface area contributed by atoms with E-state index in [-0.39, 0.29) is 0 Å². The van der Waals surface area contributed by atoms with Crippen molar-refractivity contribution in [2.75, 3.05) is 19.8 Å². The number of nitrogens with two attached hydrogens (primary N) is 1. The van der Waals surface area contributed by atoms with Crippen LogP contribution in [0.3, 0.4) is 0 Å². The fourth-order valence-electron chi connectivity index (χ4n) is 2.04. The van der Waals surface area contributed by atoms with Crippen LogP contribution in [0.25, 0.3) is 0 Å². The summed E-state index contributed by atoms with van der Waals surface area (Å²) < 4.78 is 0. The normalized spacial score (nSPS) is 10.8. The number of hydrogen-bond donors (Lipinski definition) is 1. The molecule has 0 aliphatic rings. The van der Waals surface area contributed by atoms with Gasteiger partial charge in [-0.1, -0.05) is 42.5 Å². The van der Waals surface area contributed by atoms with Crippen LogP contribution in [0.15, 0.2) is 48.5 Å². The molecule has 0 spiro atoms. The molecule has 2 heteroatoms. The zero-order valence-electron chi connectivity index (χ0n) is 11.1. The monoisotopic (exact) mass is 240 g/mol. The molecule has 2 aromatic carbocycles. The van der Waals surface area contributed by atoms with Crippen LogP contribution >= 0.6 is 0 Å². The quantitative estimate of drug-likeness (QED) is 0.833. The van der Waals surface area contributed by atoms with Crippen LogP contribution < -0.4 is 5.73 Å². The predicted octanol–water partition coefficient (Wildman–Crippen LogP) is 2.92. The third-order valence-electron chi connectivity index (χ3n) is 2.97. The lowest BCUT2D eigenvalue weighted by Gasteiger charge is -2.10. The fourth-order valence-corrected chi connectivity index (χ4v) is 2.04. The summed E-state index contributed by atoms with van der Waals surface area (Å²) in [6, 6.07) is 16.8. The molecule has 0 bridgehead atoms. The number of benzene rings is 2. The van der Waals surface area contributed by atoms with Gasteiger partial charge in [0.05, 0.1) is 0 Å². The van der Waals surface area contributed by atoms with Crippen LogP contribution in [0, 0.1) is 0 Å². The fraction of sp³-hybridized carbons (Fsp3) is 0.250. The molecule has 0 fully saturated rings. The maximum Gasteiger partial charge on any atom is 0.0349 e. The molecule has 2 N–H and O–H groups in total. The first kappa shape index (κ1) is 12.7. The molecule has 0 unspecified atom stereocenters. The molecule has 0 atom stereocenters. The predicted molar refractivity (Wildman–Crippen MR) is 77.5 cm³/mol. The SMILES string of the molecule is CN(C)Cc1ccc(Cc2ccccc2N)cc1. The topological polar surface area (TPSA) is 29.3 Å². The summed E-state index contributed by atoms with van der Waals surface area (Å²) in [5.41, 5.74) is 10.7. The van der Waals surface area contributed by atoms with Crippen molar-refractivity contribution in [1.29, 1.82) is 0 Å². The molecule has 0 aliphatic carbocycles. The maximum absolute atomic E-state index is 5.96. The molecule has 2 aromatic rings. The lowest BCUT2D eigenvalue weighted by Crippen LogP contribution is -2.10. The van der Waals surface area contributed by atoms with Crippen LogP contribution in [0.5, 0.6) is 0 Å².